The van der Waals surface area contributed by atoms with Crippen LogP contribution in [0.1, 0.15) is 63.8 Å². The Morgan fingerprint density at radius 2 is 1.70 bits per heavy atom. The number of thioether (sulfide) groups is 1. The highest BCUT2D eigenvalue weighted by atomic mass is 32.2. The predicted molar refractivity (Wildman–Crippen MR) is 171 cm³/mol. The minimum atomic E-state index is -0.126. The molecule has 3 aromatic rings. The zero-order valence-corrected chi connectivity index (χ0v) is 26.3. The molecule has 0 bridgehead atoms. The monoisotopic (exact) mass is 563 g/mol. The van der Waals surface area contributed by atoms with Crippen molar-refractivity contribution >= 4 is 17.7 Å². The number of rotatable bonds is 11. The Kier molecular flexibility index (Phi) is 15.5. The van der Waals surface area contributed by atoms with E-state index in [1.807, 2.05) is 82.2 Å². The first-order valence-corrected chi connectivity index (χ1v) is 15.9. The van der Waals surface area contributed by atoms with Gasteiger partial charge in [-0.25, -0.2) is 5.43 Å². The van der Waals surface area contributed by atoms with Crippen LogP contribution in [0.3, 0.4) is 0 Å². The second-order valence-corrected chi connectivity index (χ2v) is 10.4. The van der Waals surface area contributed by atoms with Gasteiger partial charge in [-0.05, 0) is 66.1 Å². The number of likely N-dealkylation sites (tertiary alicyclic amines) is 1. The van der Waals surface area contributed by atoms with Gasteiger partial charge in [0.25, 0.3) is 0 Å². The molecule has 0 aromatic heterocycles. The molecule has 1 unspecified atom stereocenters. The number of hydrogen-bond donors (Lipinski definition) is 1. The third kappa shape index (κ3) is 10.3. The van der Waals surface area contributed by atoms with Crippen LogP contribution in [0.4, 0.5) is 0 Å². The summed E-state index contributed by atoms with van der Waals surface area (Å²) in [6, 6.07) is 26.5. The molecular weight excluding hydrogens is 514 g/mol. The maximum atomic E-state index is 13.6. The molecule has 0 spiro atoms. The summed E-state index contributed by atoms with van der Waals surface area (Å²) >= 11 is 1.71. The van der Waals surface area contributed by atoms with Crippen LogP contribution in [-0.4, -0.2) is 48.8 Å². The van der Waals surface area contributed by atoms with Crippen molar-refractivity contribution in [3.8, 4) is 5.75 Å². The van der Waals surface area contributed by atoms with Crippen LogP contribution in [0.15, 0.2) is 83.8 Å². The first-order valence-electron chi connectivity index (χ1n) is 14.7. The smallest absolute Gasteiger partial charge is 0.241 e. The highest BCUT2D eigenvalue weighted by Crippen LogP contribution is 2.28. The standard InChI is InChI=1S/C30H37N3O2S.2C2H6/c1-23-16-17-32(20-23)21-29(33(31-2)30(34)18-24-12-14-28(36-3)15-13-24)26-10-7-11-27(19-26)35-22-25-8-5-4-6-9-25;2*1-2/h4-15,19,23,29,31H,16-18,20-22H2,1-3H3;2*1-2H3/t23?,29-;;/m1../s1. The Morgan fingerprint density at radius 1 is 1.00 bits per heavy atom. The third-order valence-electron chi connectivity index (χ3n) is 6.77. The van der Waals surface area contributed by atoms with Gasteiger partial charge in [0.05, 0.1) is 12.5 Å². The number of carbonyl (C=O) groups is 1. The Bertz CT molecular complexity index is 1110. The van der Waals surface area contributed by atoms with Crippen LogP contribution in [-0.2, 0) is 17.8 Å². The minimum absolute atomic E-state index is 0.0576. The summed E-state index contributed by atoms with van der Waals surface area (Å²) in [4.78, 5) is 17.2. The van der Waals surface area contributed by atoms with Gasteiger partial charge in [-0.3, -0.25) is 9.80 Å². The lowest BCUT2D eigenvalue weighted by molar-refractivity contribution is -0.136. The highest BCUT2D eigenvalue weighted by molar-refractivity contribution is 7.98. The molecule has 1 saturated heterocycles. The van der Waals surface area contributed by atoms with Crippen molar-refractivity contribution < 1.29 is 9.53 Å². The molecule has 4 rings (SSSR count). The van der Waals surface area contributed by atoms with E-state index in [0.717, 1.165) is 42.1 Å². The molecule has 6 heteroatoms. The summed E-state index contributed by atoms with van der Waals surface area (Å²) in [5.74, 6) is 1.55. The van der Waals surface area contributed by atoms with E-state index in [-0.39, 0.29) is 11.9 Å². The number of carbonyl (C=O) groups excluding carboxylic acids is 1. The zero-order valence-electron chi connectivity index (χ0n) is 25.5. The molecule has 40 heavy (non-hydrogen) atoms. The molecule has 1 amide bonds. The lowest BCUT2D eigenvalue weighted by atomic mass is 10.0. The molecule has 0 aliphatic carbocycles. The van der Waals surface area contributed by atoms with E-state index in [9.17, 15) is 4.79 Å². The van der Waals surface area contributed by atoms with E-state index in [1.165, 1.54) is 11.3 Å². The van der Waals surface area contributed by atoms with Crippen LogP contribution in [0.25, 0.3) is 0 Å². The van der Waals surface area contributed by atoms with Gasteiger partial charge in [0.15, 0.2) is 0 Å². The van der Waals surface area contributed by atoms with Crippen molar-refractivity contribution in [2.75, 3.05) is 32.9 Å². The number of hydrazine groups is 1. The highest BCUT2D eigenvalue weighted by Gasteiger charge is 2.29. The van der Waals surface area contributed by atoms with Crippen molar-refractivity contribution in [1.29, 1.82) is 0 Å². The van der Waals surface area contributed by atoms with Crippen molar-refractivity contribution in [3.63, 3.8) is 0 Å². The summed E-state index contributed by atoms with van der Waals surface area (Å²) in [7, 11) is 1.84. The Balaban J connectivity index is 0.00000134. The Hall–Kier alpha value is -2.80. The largest absolute Gasteiger partial charge is 0.489 e. The van der Waals surface area contributed by atoms with Gasteiger partial charge < -0.3 is 9.64 Å². The molecule has 1 heterocycles. The molecule has 1 fully saturated rings. The maximum absolute atomic E-state index is 13.6. The molecule has 0 radical (unpaired) electrons. The summed E-state index contributed by atoms with van der Waals surface area (Å²) in [5, 5.41) is 1.81. The topological polar surface area (TPSA) is 44.8 Å². The summed E-state index contributed by atoms with van der Waals surface area (Å²) in [6.45, 7) is 13.7. The van der Waals surface area contributed by atoms with Crippen LogP contribution >= 0.6 is 11.8 Å². The van der Waals surface area contributed by atoms with Crippen LogP contribution in [0, 0.1) is 5.92 Å². The van der Waals surface area contributed by atoms with Gasteiger partial charge in [0, 0.05) is 25.0 Å². The Labute approximate surface area is 247 Å². The fraction of sp³-hybridized carbons (Fsp3) is 0.441. The molecular formula is C34H49N3O2S. The average molecular weight is 564 g/mol. The van der Waals surface area contributed by atoms with Crippen LogP contribution in [0.5, 0.6) is 5.75 Å². The number of nitrogens with zero attached hydrogens (tertiary/aromatic N) is 2. The van der Waals surface area contributed by atoms with Gasteiger partial charge in [-0.15, -0.1) is 11.8 Å². The average Bonchev–Trinajstić information content (AvgIpc) is 3.43. The first-order chi connectivity index (χ1) is 19.6. The molecule has 218 valence electrons. The van der Waals surface area contributed by atoms with E-state index >= 15 is 0 Å². The van der Waals surface area contributed by atoms with Crippen molar-refractivity contribution in [2.24, 2.45) is 5.92 Å². The minimum Gasteiger partial charge on any atom is -0.489 e. The molecule has 3 aromatic carbocycles. The second kappa shape index (κ2) is 18.5. The lowest BCUT2D eigenvalue weighted by Gasteiger charge is -2.34. The van der Waals surface area contributed by atoms with Crippen molar-refractivity contribution in [1.82, 2.24) is 15.3 Å². The van der Waals surface area contributed by atoms with Crippen molar-refractivity contribution in [3.05, 3.63) is 95.6 Å². The van der Waals surface area contributed by atoms with E-state index in [4.69, 9.17) is 4.74 Å². The predicted octanol–water partition coefficient (Wildman–Crippen LogP) is 7.63. The summed E-state index contributed by atoms with van der Waals surface area (Å²) in [5.41, 5.74) is 6.44. The maximum Gasteiger partial charge on any atom is 0.241 e. The fourth-order valence-electron chi connectivity index (χ4n) is 4.78. The molecule has 0 saturated carbocycles. The SMILES string of the molecule is CC.CC.CNN(C(=O)Cc1ccc(SC)cc1)[C@H](CN1CCC(C)C1)c1cccc(OCc2ccccc2)c1. The van der Waals surface area contributed by atoms with E-state index in [0.29, 0.717) is 18.9 Å². The van der Waals surface area contributed by atoms with Gasteiger partial charge in [-0.1, -0.05) is 89.2 Å². The first kappa shape index (κ1) is 33.4. The summed E-state index contributed by atoms with van der Waals surface area (Å²) < 4.78 is 6.12. The molecule has 1 N–H and O–H groups in total. The normalized spacial score (nSPS) is 15.2. The molecule has 1 aliphatic rings. The van der Waals surface area contributed by atoms with Crippen LogP contribution in [0.2, 0.25) is 0 Å². The Morgan fingerprint density at radius 3 is 2.30 bits per heavy atom. The third-order valence-corrected chi connectivity index (χ3v) is 7.51. The number of benzene rings is 3. The number of hydrogen-bond acceptors (Lipinski definition) is 5. The quantitative estimate of drug-likeness (QED) is 0.192. The summed E-state index contributed by atoms with van der Waals surface area (Å²) in [6.07, 6.45) is 3.61. The number of nitrogens with one attached hydrogen (secondary N) is 1. The second-order valence-electron chi connectivity index (χ2n) is 9.53. The molecule has 2 atom stereocenters. The molecule has 1 aliphatic heterocycles. The van der Waals surface area contributed by atoms with Gasteiger partial charge in [0.1, 0.15) is 12.4 Å². The van der Waals surface area contributed by atoms with Crippen LogP contribution < -0.4 is 10.2 Å². The zero-order chi connectivity index (χ0) is 29.3. The van der Waals surface area contributed by atoms with E-state index < -0.39 is 0 Å². The van der Waals surface area contributed by atoms with E-state index in [2.05, 4.69) is 59.9 Å². The number of ether oxygens (including phenoxy) is 1. The number of amides is 1. The lowest BCUT2D eigenvalue weighted by Crippen LogP contribution is -2.47. The van der Waals surface area contributed by atoms with Gasteiger partial charge in [0.2, 0.25) is 5.91 Å². The van der Waals surface area contributed by atoms with Gasteiger partial charge in [-0.2, -0.15) is 0 Å². The fourth-order valence-corrected chi connectivity index (χ4v) is 5.19. The van der Waals surface area contributed by atoms with Gasteiger partial charge >= 0.3 is 0 Å². The van der Waals surface area contributed by atoms with E-state index in [1.54, 1.807) is 11.8 Å². The van der Waals surface area contributed by atoms with Crippen molar-refractivity contribution in [2.45, 2.75) is 65.0 Å². The molecule has 5 nitrogen and oxygen atoms in total.